The van der Waals surface area contributed by atoms with Crippen molar-refractivity contribution in [2.45, 2.75) is 19.1 Å². The van der Waals surface area contributed by atoms with Crippen LogP contribution in [-0.4, -0.2) is 48.4 Å². The summed E-state index contributed by atoms with van der Waals surface area (Å²) < 4.78 is 20.7. The van der Waals surface area contributed by atoms with Crippen LogP contribution in [0.15, 0.2) is 0 Å². The van der Waals surface area contributed by atoms with Gasteiger partial charge >= 0.3 is 14.8 Å². The highest BCUT2D eigenvalue weighted by atomic mass is 28.4. The van der Waals surface area contributed by atoms with Crippen molar-refractivity contribution in [1.29, 1.82) is 0 Å². The smallest absolute Gasteiger partial charge is 0.457 e. The first-order valence-corrected chi connectivity index (χ1v) is 6.45. The Bertz CT molecular complexity index is 189. The number of esters is 1. The van der Waals surface area contributed by atoms with Gasteiger partial charge in [0, 0.05) is 21.3 Å². The molecule has 1 unspecified atom stereocenters. The molecular formula is C8H19NO5Si. The van der Waals surface area contributed by atoms with Gasteiger partial charge < -0.3 is 23.7 Å². The lowest BCUT2D eigenvalue weighted by molar-refractivity contribution is -0.147. The summed E-state index contributed by atoms with van der Waals surface area (Å²) in [7, 11) is 1.49. The number of carbonyl (C=O) groups excluding carboxylic acids is 1. The summed E-state index contributed by atoms with van der Waals surface area (Å²) in [4.78, 5) is 11.1. The molecule has 0 aliphatic carbocycles. The molecule has 0 spiro atoms. The van der Waals surface area contributed by atoms with Crippen LogP contribution < -0.4 is 5.73 Å². The van der Waals surface area contributed by atoms with Crippen molar-refractivity contribution >= 4 is 14.8 Å². The van der Waals surface area contributed by atoms with E-state index in [1.54, 1.807) is 0 Å². The minimum atomic E-state index is -2.92. The van der Waals surface area contributed by atoms with Gasteiger partial charge in [0.15, 0.2) is 5.73 Å². The van der Waals surface area contributed by atoms with E-state index in [0.29, 0.717) is 6.42 Å². The van der Waals surface area contributed by atoms with Crippen LogP contribution in [0.1, 0.15) is 13.3 Å². The maximum Gasteiger partial charge on any atom is 0.543 e. The molecule has 2 N–H and O–H groups in total. The fourth-order valence-corrected chi connectivity index (χ4v) is 3.32. The van der Waals surface area contributed by atoms with Gasteiger partial charge in [-0.1, -0.05) is 6.92 Å². The van der Waals surface area contributed by atoms with E-state index in [1.807, 2.05) is 6.92 Å². The Morgan fingerprint density at radius 3 is 2.00 bits per heavy atom. The first-order valence-electron chi connectivity index (χ1n) is 4.65. The van der Waals surface area contributed by atoms with Crippen LogP contribution in [0.25, 0.3) is 0 Å². The highest BCUT2D eigenvalue weighted by molar-refractivity contribution is 6.62. The molecule has 0 aromatic heterocycles. The highest BCUT2D eigenvalue weighted by Crippen LogP contribution is 2.17. The van der Waals surface area contributed by atoms with Gasteiger partial charge in [-0.15, -0.1) is 0 Å². The summed E-state index contributed by atoms with van der Waals surface area (Å²) >= 11 is 0. The second-order valence-corrected chi connectivity index (χ2v) is 5.88. The molecule has 0 aliphatic heterocycles. The molecule has 1 atom stereocenters. The summed E-state index contributed by atoms with van der Waals surface area (Å²) in [5.41, 5.74) is 4.64. The van der Waals surface area contributed by atoms with Crippen molar-refractivity contribution < 1.29 is 22.8 Å². The molecule has 0 radical (unpaired) electrons. The number of hydrogen-bond donors (Lipinski definition) is 1. The lowest BCUT2D eigenvalue weighted by atomic mass is 10.5. The van der Waals surface area contributed by atoms with E-state index in [1.165, 1.54) is 21.3 Å². The monoisotopic (exact) mass is 237 g/mol. The number of carbonyl (C=O) groups is 1. The molecule has 6 nitrogen and oxygen atoms in total. The van der Waals surface area contributed by atoms with E-state index in [9.17, 15) is 4.79 Å². The zero-order valence-electron chi connectivity index (χ0n) is 9.61. The van der Waals surface area contributed by atoms with Crippen molar-refractivity contribution in [2.75, 3.05) is 27.9 Å². The molecule has 0 heterocycles. The van der Waals surface area contributed by atoms with Crippen LogP contribution >= 0.6 is 0 Å². The van der Waals surface area contributed by atoms with Gasteiger partial charge in [0.25, 0.3) is 0 Å². The van der Waals surface area contributed by atoms with E-state index >= 15 is 0 Å². The Labute approximate surface area is 91.0 Å². The summed E-state index contributed by atoms with van der Waals surface area (Å²) in [5, 5.41) is 0. The van der Waals surface area contributed by atoms with Crippen LogP contribution in [0.2, 0.25) is 0 Å². The SMILES string of the molecule is CCC(OC(=O)CN)[Si](OC)(OC)OC. The van der Waals surface area contributed by atoms with Gasteiger partial charge in [0.1, 0.15) is 0 Å². The summed E-state index contributed by atoms with van der Waals surface area (Å²) in [6.45, 7) is 1.69. The zero-order chi connectivity index (χ0) is 11.9. The van der Waals surface area contributed by atoms with Gasteiger partial charge in [0.2, 0.25) is 0 Å². The maximum atomic E-state index is 11.1. The van der Waals surface area contributed by atoms with E-state index in [-0.39, 0.29) is 6.54 Å². The number of nitrogens with two attached hydrogens (primary N) is 1. The van der Waals surface area contributed by atoms with E-state index in [0.717, 1.165) is 0 Å². The predicted octanol–water partition coefficient (Wildman–Crippen LogP) is -0.316. The van der Waals surface area contributed by atoms with Crippen molar-refractivity contribution in [2.24, 2.45) is 5.73 Å². The summed E-state index contributed by atoms with van der Waals surface area (Å²) in [6, 6.07) is 0. The van der Waals surface area contributed by atoms with Crippen molar-refractivity contribution in [3.63, 3.8) is 0 Å². The van der Waals surface area contributed by atoms with Crippen LogP contribution in [0, 0.1) is 0 Å². The Kier molecular flexibility index (Phi) is 6.69. The zero-order valence-corrected chi connectivity index (χ0v) is 10.6. The molecule has 15 heavy (non-hydrogen) atoms. The maximum absolute atomic E-state index is 11.1. The molecule has 0 saturated carbocycles. The third kappa shape index (κ3) is 3.54. The number of ether oxygens (including phenoxy) is 1. The fourth-order valence-electron chi connectivity index (χ4n) is 1.26. The number of hydrogen-bond acceptors (Lipinski definition) is 6. The molecule has 7 heteroatoms. The minimum Gasteiger partial charge on any atom is -0.457 e. The van der Waals surface area contributed by atoms with E-state index in [4.69, 9.17) is 23.7 Å². The van der Waals surface area contributed by atoms with E-state index in [2.05, 4.69) is 0 Å². The fraction of sp³-hybridized carbons (Fsp3) is 0.875. The second kappa shape index (κ2) is 6.91. The van der Waals surface area contributed by atoms with E-state index < -0.39 is 20.5 Å². The first-order chi connectivity index (χ1) is 7.10. The third-order valence-corrected chi connectivity index (χ3v) is 5.08. The standard InChI is InChI=1S/C8H19NO5Si/c1-5-8(14-7(10)6-9)15(11-2,12-3)13-4/h8H,5-6,9H2,1-4H3. The molecule has 0 saturated heterocycles. The van der Waals surface area contributed by atoms with Crippen LogP contribution in [0.4, 0.5) is 0 Å². The largest absolute Gasteiger partial charge is 0.543 e. The Morgan fingerprint density at radius 2 is 1.73 bits per heavy atom. The van der Waals surface area contributed by atoms with Crippen molar-refractivity contribution in [1.82, 2.24) is 0 Å². The third-order valence-electron chi connectivity index (χ3n) is 2.06. The van der Waals surface area contributed by atoms with Crippen LogP contribution in [0.5, 0.6) is 0 Å². The Hall–Kier alpha value is -0.473. The quantitative estimate of drug-likeness (QED) is 0.483. The van der Waals surface area contributed by atoms with Gasteiger partial charge in [-0.05, 0) is 6.42 Å². The molecular weight excluding hydrogens is 218 g/mol. The topological polar surface area (TPSA) is 80.0 Å². The molecule has 0 rings (SSSR count). The molecule has 0 amide bonds. The number of rotatable bonds is 7. The van der Waals surface area contributed by atoms with Gasteiger partial charge in [0.05, 0.1) is 6.54 Å². The van der Waals surface area contributed by atoms with Gasteiger partial charge in [-0.25, -0.2) is 0 Å². The summed E-state index contributed by atoms with van der Waals surface area (Å²) in [6.07, 6.45) is 0.549. The van der Waals surface area contributed by atoms with Crippen LogP contribution in [-0.2, 0) is 22.8 Å². The van der Waals surface area contributed by atoms with Gasteiger partial charge in [-0.3, -0.25) is 4.79 Å². The lowest BCUT2D eigenvalue weighted by Gasteiger charge is -2.30. The highest BCUT2D eigenvalue weighted by Gasteiger charge is 2.49. The molecule has 0 aromatic carbocycles. The summed E-state index contributed by atoms with van der Waals surface area (Å²) in [5.74, 6) is -0.495. The Balaban J connectivity index is 4.66. The Morgan fingerprint density at radius 1 is 1.27 bits per heavy atom. The minimum absolute atomic E-state index is 0.169. The molecule has 0 fully saturated rings. The average Bonchev–Trinajstić information content (AvgIpc) is 2.29. The second-order valence-electron chi connectivity index (χ2n) is 2.81. The van der Waals surface area contributed by atoms with Crippen molar-refractivity contribution in [3.05, 3.63) is 0 Å². The van der Waals surface area contributed by atoms with Crippen molar-refractivity contribution in [3.8, 4) is 0 Å². The molecule has 0 bridgehead atoms. The predicted molar refractivity (Wildman–Crippen MR) is 56.0 cm³/mol. The lowest BCUT2D eigenvalue weighted by Crippen LogP contribution is -2.56. The normalized spacial score (nSPS) is 13.7. The van der Waals surface area contributed by atoms with Crippen LogP contribution in [0.3, 0.4) is 0 Å². The average molecular weight is 237 g/mol. The molecule has 90 valence electrons. The first kappa shape index (κ1) is 14.5. The molecule has 0 aromatic rings. The molecule has 0 aliphatic rings. The van der Waals surface area contributed by atoms with Gasteiger partial charge in [-0.2, -0.15) is 0 Å².